The second kappa shape index (κ2) is 9.62. The van der Waals surface area contributed by atoms with Crippen molar-refractivity contribution in [3.8, 4) is 11.3 Å². The van der Waals surface area contributed by atoms with Crippen LogP contribution in [0.4, 0.5) is 10.5 Å². The molecule has 0 spiro atoms. The summed E-state index contributed by atoms with van der Waals surface area (Å²) in [5.74, 6) is -0.361. The fourth-order valence-electron chi connectivity index (χ4n) is 3.33. The molecule has 3 amide bonds. The number of fused-ring (bicyclic) bond motifs is 1. The van der Waals surface area contributed by atoms with Crippen LogP contribution in [0, 0.1) is 13.8 Å². The van der Waals surface area contributed by atoms with E-state index in [9.17, 15) is 9.59 Å². The van der Waals surface area contributed by atoms with Gasteiger partial charge in [-0.2, -0.15) is 0 Å². The molecule has 1 aromatic heterocycles. The van der Waals surface area contributed by atoms with Gasteiger partial charge in [-0.15, -0.1) is 10.2 Å². The van der Waals surface area contributed by atoms with Crippen LogP contribution in [0.2, 0.25) is 0 Å². The molecule has 4 aromatic rings. The minimum absolute atomic E-state index is 0.0452. The Kier molecular flexibility index (Phi) is 6.47. The number of thioether (sulfide) groups is 1. The van der Waals surface area contributed by atoms with Gasteiger partial charge in [-0.05, 0) is 31.0 Å². The number of anilines is 1. The SMILES string of the molecule is Cc1cccc(NC(=O)NC(=O)CSc2nnc(-c3ccccc3)c3ccccc23)c1C. The molecule has 0 atom stereocenters. The highest BCUT2D eigenvalue weighted by molar-refractivity contribution is 8.00. The van der Waals surface area contributed by atoms with Crippen LogP contribution in [-0.4, -0.2) is 27.9 Å². The van der Waals surface area contributed by atoms with Crippen LogP contribution in [0.15, 0.2) is 77.8 Å². The zero-order chi connectivity index (χ0) is 22.5. The van der Waals surface area contributed by atoms with Gasteiger partial charge in [0, 0.05) is 22.0 Å². The first-order valence-electron chi connectivity index (χ1n) is 10.1. The van der Waals surface area contributed by atoms with Crippen LogP contribution in [0.1, 0.15) is 11.1 Å². The molecule has 3 aromatic carbocycles. The predicted molar refractivity (Wildman–Crippen MR) is 129 cm³/mol. The molecule has 0 fully saturated rings. The van der Waals surface area contributed by atoms with Crippen molar-refractivity contribution in [2.45, 2.75) is 18.9 Å². The number of rotatable bonds is 5. The largest absolute Gasteiger partial charge is 0.325 e. The molecule has 0 radical (unpaired) electrons. The number of imide groups is 1. The number of hydrogen-bond donors (Lipinski definition) is 2. The summed E-state index contributed by atoms with van der Waals surface area (Å²) in [7, 11) is 0. The average Bonchev–Trinajstić information content (AvgIpc) is 2.81. The fourth-order valence-corrected chi connectivity index (χ4v) is 4.10. The van der Waals surface area contributed by atoms with Gasteiger partial charge in [0.05, 0.1) is 5.75 Å². The Hall–Kier alpha value is -3.71. The molecule has 32 heavy (non-hydrogen) atoms. The van der Waals surface area contributed by atoms with E-state index in [-0.39, 0.29) is 5.75 Å². The van der Waals surface area contributed by atoms with Crippen molar-refractivity contribution in [3.05, 3.63) is 83.9 Å². The summed E-state index contributed by atoms with van der Waals surface area (Å²) >= 11 is 1.25. The number of nitrogens with zero attached hydrogens (tertiary/aromatic N) is 2. The van der Waals surface area contributed by atoms with Crippen molar-refractivity contribution in [3.63, 3.8) is 0 Å². The molecule has 7 heteroatoms. The van der Waals surface area contributed by atoms with Gasteiger partial charge in [0.2, 0.25) is 5.91 Å². The molecule has 6 nitrogen and oxygen atoms in total. The lowest BCUT2D eigenvalue weighted by Crippen LogP contribution is -2.35. The van der Waals surface area contributed by atoms with Gasteiger partial charge in [0.1, 0.15) is 10.7 Å². The second-order valence-electron chi connectivity index (χ2n) is 7.30. The van der Waals surface area contributed by atoms with Crippen LogP contribution in [0.3, 0.4) is 0 Å². The number of carbonyl (C=O) groups is 2. The van der Waals surface area contributed by atoms with Crippen molar-refractivity contribution < 1.29 is 9.59 Å². The molecular formula is C25H22N4O2S. The third-order valence-electron chi connectivity index (χ3n) is 5.15. The van der Waals surface area contributed by atoms with Crippen LogP contribution in [-0.2, 0) is 4.79 Å². The topological polar surface area (TPSA) is 84.0 Å². The molecule has 0 aliphatic carbocycles. The zero-order valence-corrected chi connectivity index (χ0v) is 18.6. The van der Waals surface area contributed by atoms with E-state index in [1.54, 1.807) is 6.07 Å². The average molecular weight is 443 g/mol. The molecular weight excluding hydrogens is 420 g/mol. The van der Waals surface area contributed by atoms with Crippen LogP contribution < -0.4 is 10.6 Å². The summed E-state index contributed by atoms with van der Waals surface area (Å²) in [5, 5.41) is 16.4. The molecule has 4 rings (SSSR count). The van der Waals surface area contributed by atoms with Gasteiger partial charge in [-0.25, -0.2) is 4.79 Å². The van der Waals surface area contributed by atoms with Gasteiger partial charge in [0.15, 0.2) is 0 Å². The highest BCUT2D eigenvalue weighted by atomic mass is 32.2. The minimum Gasteiger partial charge on any atom is -0.307 e. The summed E-state index contributed by atoms with van der Waals surface area (Å²) in [6.07, 6.45) is 0. The zero-order valence-electron chi connectivity index (χ0n) is 17.8. The Morgan fingerprint density at radius 1 is 0.844 bits per heavy atom. The Balaban J connectivity index is 1.45. The maximum Gasteiger partial charge on any atom is 0.325 e. The Bertz CT molecular complexity index is 1290. The molecule has 0 aliphatic heterocycles. The summed E-state index contributed by atoms with van der Waals surface area (Å²) in [6.45, 7) is 3.89. The summed E-state index contributed by atoms with van der Waals surface area (Å²) < 4.78 is 0. The molecule has 0 saturated heterocycles. The van der Waals surface area contributed by atoms with E-state index >= 15 is 0 Å². The van der Waals surface area contributed by atoms with Gasteiger partial charge in [-0.3, -0.25) is 10.1 Å². The maximum atomic E-state index is 12.4. The monoisotopic (exact) mass is 442 g/mol. The van der Waals surface area contributed by atoms with Crippen molar-refractivity contribution in [1.29, 1.82) is 0 Å². The number of amides is 3. The van der Waals surface area contributed by atoms with Crippen LogP contribution in [0.25, 0.3) is 22.0 Å². The smallest absolute Gasteiger partial charge is 0.307 e. The Morgan fingerprint density at radius 3 is 2.34 bits per heavy atom. The van der Waals surface area contributed by atoms with Gasteiger partial charge in [0.25, 0.3) is 0 Å². The fraction of sp³-hybridized carbons (Fsp3) is 0.120. The van der Waals surface area contributed by atoms with E-state index in [1.165, 1.54) is 11.8 Å². The van der Waals surface area contributed by atoms with Crippen molar-refractivity contribution in [2.24, 2.45) is 0 Å². The van der Waals surface area contributed by atoms with Crippen molar-refractivity contribution >= 4 is 40.2 Å². The maximum absolute atomic E-state index is 12.4. The number of aromatic nitrogens is 2. The first kappa shape index (κ1) is 21.5. The summed E-state index contributed by atoms with van der Waals surface area (Å²) in [5.41, 5.74) is 4.48. The minimum atomic E-state index is -0.556. The van der Waals surface area contributed by atoms with E-state index in [1.807, 2.05) is 80.6 Å². The number of benzene rings is 3. The van der Waals surface area contributed by atoms with Gasteiger partial charge in [-0.1, -0.05) is 78.5 Å². The number of urea groups is 1. The predicted octanol–water partition coefficient (Wildman–Crippen LogP) is 5.35. The highest BCUT2D eigenvalue weighted by Crippen LogP contribution is 2.31. The van der Waals surface area contributed by atoms with Gasteiger partial charge >= 0.3 is 6.03 Å². The van der Waals surface area contributed by atoms with Gasteiger partial charge < -0.3 is 5.32 Å². The third-order valence-corrected chi connectivity index (χ3v) is 6.13. The first-order valence-corrected chi connectivity index (χ1v) is 11.1. The second-order valence-corrected chi connectivity index (χ2v) is 8.27. The van der Waals surface area contributed by atoms with Crippen LogP contribution >= 0.6 is 11.8 Å². The standard InChI is InChI=1S/C25H22N4O2S/c1-16-9-8-14-21(17(16)2)26-25(31)27-22(30)15-32-24-20-13-7-6-12-19(20)23(28-29-24)18-10-4-3-5-11-18/h3-14H,15H2,1-2H3,(H2,26,27,30,31). The van der Waals surface area contributed by atoms with Crippen molar-refractivity contribution in [2.75, 3.05) is 11.1 Å². The number of carbonyl (C=O) groups excluding carboxylic acids is 2. The number of hydrogen-bond acceptors (Lipinski definition) is 5. The first-order chi connectivity index (χ1) is 15.5. The summed E-state index contributed by atoms with van der Waals surface area (Å²) in [6, 6.07) is 22.8. The van der Waals surface area contributed by atoms with E-state index in [0.717, 1.165) is 33.2 Å². The Labute approximate surface area is 190 Å². The van der Waals surface area contributed by atoms with E-state index in [0.29, 0.717) is 10.7 Å². The van der Waals surface area contributed by atoms with E-state index < -0.39 is 11.9 Å². The van der Waals surface area contributed by atoms with Crippen LogP contribution in [0.5, 0.6) is 0 Å². The quantitative estimate of drug-likeness (QED) is 0.407. The molecule has 0 bridgehead atoms. The third kappa shape index (κ3) is 4.78. The molecule has 0 saturated carbocycles. The molecule has 0 unspecified atom stereocenters. The molecule has 0 aliphatic rings. The van der Waals surface area contributed by atoms with E-state index in [4.69, 9.17) is 0 Å². The number of aryl methyl sites for hydroxylation is 1. The molecule has 1 heterocycles. The summed E-state index contributed by atoms with van der Waals surface area (Å²) in [4.78, 5) is 24.6. The lowest BCUT2D eigenvalue weighted by molar-refractivity contribution is -0.117. The number of nitrogens with one attached hydrogen (secondary N) is 2. The van der Waals surface area contributed by atoms with Crippen molar-refractivity contribution in [1.82, 2.24) is 15.5 Å². The lowest BCUT2D eigenvalue weighted by Gasteiger charge is -2.11. The normalized spacial score (nSPS) is 10.7. The molecule has 160 valence electrons. The Morgan fingerprint density at radius 2 is 1.56 bits per heavy atom. The lowest BCUT2D eigenvalue weighted by atomic mass is 10.1. The highest BCUT2D eigenvalue weighted by Gasteiger charge is 2.14. The van der Waals surface area contributed by atoms with E-state index in [2.05, 4.69) is 20.8 Å². The molecule has 2 N–H and O–H groups in total.